The second kappa shape index (κ2) is 5.05. The Balaban J connectivity index is 3.63. The molecule has 98 valence electrons. The van der Waals surface area contributed by atoms with Gasteiger partial charge in [0.2, 0.25) is 0 Å². The third-order valence-corrected chi connectivity index (χ3v) is 3.75. The molecule has 0 saturated heterocycles. The van der Waals surface area contributed by atoms with Gasteiger partial charge in [0.25, 0.3) is 0 Å². The zero-order chi connectivity index (χ0) is 14.1. The molecule has 0 saturated carbocycles. The van der Waals surface area contributed by atoms with Crippen LogP contribution in [0.4, 0.5) is 0 Å². The Labute approximate surface area is 119 Å². The lowest BCUT2D eigenvalue weighted by atomic mass is 9.77. The van der Waals surface area contributed by atoms with E-state index in [1.807, 2.05) is 0 Å². The topological polar surface area (TPSA) is 23.8 Å². The fourth-order valence-electron chi connectivity index (χ4n) is 1.96. The van der Waals surface area contributed by atoms with Crippen LogP contribution in [0.25, 0.3) is 0 Å². The van der Waals surface area contributed by atoms with E-state index < -0.39 is 0 Å². The molecule has 0 bridgehead atoms. The van der Waals surface area contributed by atoms with Crippen molar-refractivity contribution in [2.75, 3.05) is 0 Å². The Morgan fingerprint density at radius 1 is 1.06 bits per heavy atom. The summed E-state index contributed by atoms with van der Waals surface area (Å²) < 4.78 is 0. The number of nitrogens with zero attached hydrogens (tertiary/aromatic N) is 1. The number of hydrogen-bond donors (Lipinski definition) is 0. The summed E-state index contributed by atoms with van der Waals surface area (Å²) in [6.45, 7) is 13.1. The van der Waals surface area contributed by atoms with E-state index >= 15 is 0 Å². The molecule has 0 aliphatic heterocycles. The lowest BCUT2D eigenvalue weighted by Gasteiger charge is -2.27. The summed E-state index contributed by atoms with van der Waals surface area (Å²) in [6.07, 6.45) is 0. The molecule has 0 unspecified atom stereocenters. The molecule has 2 heteroatoms. The van der Waals surface area contributed by atoms with Crippen molar-refractivity contribution in [3.05, 3.63) is 34.4 Å². The van der Waals surface area contributed by atoms with Gasteiger partial charge >= 0.3 is 0 Å². The molecule has 0 aliphatic carbocycles. The average molecular weight is 308 g/mol. The number of benzene rings is 1. The normalized spacial score (nSPS) is 12.3. The van der Waals surface area contributed by atoms with Crippen LogP contribution in [0.15, 0.2) is 12.1 Å². The molecule has 0 radical (unpaired) electrons. The molecule has 0 fully saturated rings. The SMILES string of the molecule is CC(C)(C)c1cc(CBr)c(C#N)c(C(C)(C)C)c1. The maximum Gasteiger partial charge on any atom is 0.0997 e. The van der Waals surface area contributed by atoms with Crippen LogP contribution in [0, 0.1) is 11.3 Å². The van der Waals surface area contributed by atoms with E-state index in [-0.39, 0.29) is 10.8 Å². The number of nitriles is 1. The fraction of sp³-hybridized carbons (Fsp3) is 0.562. The van der Waals surface area contributed by atoms with Crippen molar-refractivity contribution in [1.29, 1.82) is 5.26 Å². The van der Waals surface area contributed by atoms with Crippen LogP contribution in [0.2, 0.25) is 0 Å². The van der Waals surface area contributed by atoms with Crippen molar-refractivity contribution < 1.29 is 0 Å². The summed E-state index contributed by atoms with van der Waals surface area (Å²) in [5, 5.41) is 10.1. The zero-order valence-corrected chi connectivity index (χ0v) is 13.8. The second-order valence-corrected chi connectivity index (χ2v) is 7.36. The molecule has 0 aromatic heterocycles. The summed E-state index contributed by atoms with van der Waals surface area (Å²) in [7, 11) is 0. The molecular formula is C16H22BrN. The van der Waals surface area contributed by atoms with Crippen LogP contribution < -0.4 is 0 Å². The van der Waals surface area contributed by atoms with Gasteiger partial charge in [-0.15, -0.1) is 0 Å². The lowest BCUT2D eigenvalue weighted by Crippen LogP contribution is -2.19. The number of rotatable bonds is 1. The summed E-state index contributed by atoms with van der Waals surface area (Å²) in [6, 6.07) is 6.72. The van der Waals surface area contributed by atoms with Crippen LogP contribution in [0.1, 0.15) is 63.8 Å². The third kappa shape index (κ3) is 3.14. The van der Waals surface area contributed by atoms with Crippen molar-refractivity contribution in [1.82, 2.24) is 0 Å². The van der Waals surface area contributed by atoms with E-state index in [2.05, 4.69) is 75.7 Å². The van der Waals surface area contributed by atoms with E-state index in [4.69, 9.17) is 0 Å². The molecular weight excluding hydrogens is 286 g/mol. The first-order valence-electron chi connectivity index (χ1n) is 6.25. The molecule has 18 heavy (non-hydrogen) atoms. The van der Waals surface area contributed by atoms with Gasteiger partial charge in [0.05, 0.1) is 11.6 Å². The maximum absolute atomic E-state index is 9.42. The zero-order valence-electron chi connectivity index (χ0n) is 12.2. The Bertz CT molecular complexity index is 482. The number of alkyl halides is 1. The van der Waals surface area contributed by atoms with Gasteiger partial charge in [-0.3, -0.25) is 0 Å². The van der Waals surface area contributed by atoms with E-state index in [0.29, 0.717) is 0 Å². The van der Waals surface area contributed by atoms with E-state index in [9.17, 15) is 5.26 Å². The highest BCUT2D eigenvalue weighted by molar-refractivity contribution is 9.08. The lowest BCUT2D eigenvalue weighted by molar-refractivity contribution is 0.566. The Morgan fingerprint density at radius 2 is 1.61 bits per heavy atom. The summed E-state index contributed by atoms with van der Waals surface area (Å²) in [4.78, 5) is 0. The van der Waals surface area contributed by atoms with Crippen LogP contribution >= 0.6 is 15.9 Å². The van der Waals surface area contributed by atoms with Crippen molar-refractivity contribution >= 4 is 15.9 Å². The minimum Gasteiger partial charge on any atom is -0.192 e. The first-order valence-corrected chi connectivity index (χ1v) is 7.37. The fourth-order valence-corrected chi connectivity index (χ4v) is 2.41. The van der Waals surface area contributed by atoms with Crippen LogP contribution in [0.5, 0.6) is 0 Å². The summed E-state index contributed by atoms with van der Waals surface area (Å²) in [5.41, 5.74) is 4.45. The summed E-state index contributed by atoms with van der Waals surface area (Å²) >= 11 is 3.50. The minimum atomic E-state index is -0.0107. The Morgan fingerprint density at radius 3 is 1.94 bits per heavy atom. The van der Waals surface area contributed by atoms with Gasteiger partial charge in [0, 0.05) is 5.33 Å². The molecule has 1 rings (SSSR count). The molecule has 0 atom stereocenters. The number of hydrogen-bond acceptors (Lipinski definition) is 1. The molecule has 1 aromatic carbocycles. The highest BCUT2D eigenvalue weighted by Crippen LogP contribution is 2.34. The van der Waals surface area contributed by atoms with E-state index in [0.717, 1.165) is 22.0 Å². The average Bonchev–Trinajstić information content (AvgIpc) is 2.24. The van der Waals surface area contributed by atoms with Crippen molar-refractivity contribution in [3.63, 3.8) is 0 Å². The summed E-state index contributed by atoms with van der Waals surface area (Å²) in [5.74, 6) is 0. The number of halogens is 1. The molecule has 1 nitrogen and oxygen atoms in total. The first kappa shape index (κ1) is 15.2. The maximum atomic E-state index is 9.42. The first-order chi connectivity index (χ1) is 8.11. The molecule has 0 aliphatic rings. The largest absolute Gasteiger partial charge is 0.192 e. The Hall–Kier alpha value is -0.810. The predicted molar refractivity (Wildman–Crippen MR) is 81.2 cm³/mol. The molecule has 1 aromatic rings. The van der Waals surface area contributed by atoms with Gasteiger partial charge in [0.1, 0.15) is 0 Å². The molecule has 0 amide bonds. The van der Waals surface area contributed by atoms with Gasteiger partial charge in [-0.1, -0.05) is 69.6 Å². The smallest absolute Gasteiger partial charge is 0.0997 e. The predicted octanol–water partition coefficient (Wildman–Crippen LogP) is 5.05. The highest BCUT2D eigenvalue weighted by atomic mass is 79.9. The van der Waals surface area contributed by atoms with Crippen LogP contribution in [-0.2, 0) is 16.2 Å². The monoisotopic (exact) mass is 307 g/mol. The molecule has 0 heterocycles. The van der Waals surface area contributed by atoms with Crippen LogP contribution in [-0.4, -0.2) is 0 Å². The minimum absolute atomic E-state index is 0.0107. The van der Waals surface area contributed by atoms with Gasteiger partial charge in [-0.05, 0) is 27.5 Å². The van der Waals surface area contributed by atoms with E-state index in [1.54, 1.807) is 0 Å². The van der Waals surface area contributed by atoms with Crippen molar-refractivity contribution in [2.24, 2.45) is 0 Å². The van der Waals surface area contributed by atoms with Gasteiger partial charge in [-0.25, -0.2) is 0 Å². The van der Waals surface area contributed by atoms with Gasteiger partial charge in [0.15, 0.2) is 0 Å². The van der Waals surface area contributed by atoms with Crippen molar-refractivity contribution in [3.8, 4) is 6.07 Å². The second-order valence-electron chi connectivity index (χ2n) is 6.80. The Kier molecular flexibility index (Phi) is 4.28. The van der Waals surface area contributed by atoms with Crippen molar-refractivity contribution in [2.45, 2.75) is 57.7 Å². The standard InChI is InChI=1S/C16H22BrN/c1-15(2,3)12-7-11(9-17)13(10-18)14(8-12)16(4,5)6/h7-8H,9H2,1-6H3. The van der Waals surface area contributed by atoms with Gasteiger partial charge < -0.3 is 0 Å². The third-order valence-electron chi connectivity index (χ3n) is 3.15. The molecule has 0 spiro atoms. The highest BCUT2D eigenvalue weighted by Gasteiger charge is 2.24. The van der Waals surface area contributed by atoms with E-state index in [1.165, 1.54) is 5.56 Å². The van der Waals surface area contributed by atoms with Crippen LogP contribution in [0.3, 0.4) is 0 Å². The molecule has 0 N–H and O–H groups in total. The quantitative estimate of drug-likeness (QED) is 0.666. The van der Waals surface area contributed by atoms with Gasteiger partial charge in [-0.2, -0.15) is 5.26 Å².